The Labute approximate surface area is 153 Å². The second-order valence-electron chi connectivity index (χ2n) is 6.76. The van der Waals surface area contributed by atoms with Crippen molar-refractivity contribution in [2.75, 3.05) is 24.7 Å². The number of benzene rings is 2. The van der Waals surface area contributed by atoms with Gasteiger partial charge in [0.25, 0.3) is 5.75 Å². The summed E-state index contributed by atoms with van der Waals surface area (Å²) in [7, 11) is 0.489. The molecular weight excluding hydrogens is 334 g/mol. The molecule has 0 atom stereocenters. The second-order valence-corrected chi connectivity index (χ2v) is 9.03. The van der Waals surface area contributed by atoms with Crippen LogP contribution in [0.2, 0.25) is 0 Å². The van der Waals surface area contributed by atoms with Crippen LogP contribution in [0, 0.1) is 0 Å². The largest absolute Gasteiger partial charge is 0.572 e. The van der Waals surface area contributed by atoms with E-state index in [1.165, 1.54) is 64.7 Å². The molecule has 2 aliphatic heterocycles. The van der Waals surface area contributed by atoms with E-state index >= 15 is 0 Å². The number of nitrogens with one attached hydrogen (secondary N) is 1. The van der Waals surface area contributed by atoms with Gasteiger partial charge in [-0.2, -0.15) is 13.5 Å². The molecule has 0 bridgehead atoms. The SMILES string of the molecule is S.c1cc2[nH]c3ccc([S+]4CCCC4)cc3c2cc1[O+]1CCCC1. The van der Waals surface area contributed by atoms with Crippen LogP contribution in [0.5, 0.6) is 5.75 Å². The van der Waals surface area contributed by atoms with Gasteiger partial charge in [-0.3, -0.25) is 0 Å². The normalized spacial score (nSPS) is 18.6. The van der Waals surface area contributed by atoms with E-state index in [1.54, 1.807) is 4.90 Å². The molecule has 2 fully saturated rings. The summed E-state index contributed by atoms with van der Waals surface area (Å²) in [6, 6.07) is 14.0. The van der Waals surface area contributed by atoms with Crippen molar-refractivity contribution < 1.29 is 4.37 Å². The number of fused-ring (bicyclic) bond motifs is 3. The lowest BCUT2D eigenvalue weighted by atomic mass is 10.1. The van der Waals surface area contributed by atoms with Gasteiger partial charge in [-0.05, 0) is 31.0 Å². The molecule has 0 amide bonds. The van der Waals surface area contributed by atoms with Crippen LogP contribution >= 0.6 is 13.5 Å². The van der Waals surface area contributed by atoms with Gasteiger partial charge in [0.05, 0.1) is 0 Å². The molecule has 2 aromatic carbocycles. The molecule has 0 spiro atoms. The summed E-state index contributed by atoms with van der Waals surface area (Å²) in [6.45, 7) is 2.26. The van der Waals surface area contributed by atoms with Crippen LogP contribution in [0.4, 0.5) is 0 Å². The first kappa shape index (κ1) is 16.2. The van der Waals surface area contributed by atoms with Crippen LogP contribution in [0.3, 0.4) is 0 Å². The Morgan fingerprint density at radius 1 is 0.792 bits per heavy atom. The molecule has 0 radical (unpaired) electrons. The maximum atomic E-state index is 3.59. The van der Waals surface area contributed by atoms with Crippen LogP contribution in [0.15, 0.2) is 41.3 Å². The van der Waals surface area contributed by atoms with Crippen LogP contribution in [0.25, 0.3) is 21.8 Å². The van der Waals surface area contributed by atoms with Gasteiger partial charge in [0, 0.05) is 63.7 Å². The van der Waals surface area contributed by atoms with Gasteiger partial charge in [-0.15, -0.1) is 0 Å². The summed E-state index contributed by atoms with van der Waals surface area (Å²) in [5, 5.41) is 2.78. The Kier molecular flexibility index (Phi) is 4.44. The van der Waals surface area contributed by atoms with Crippen molar-refractivity contribution in [3.05, 3.63) is 36.4 Å². The van der Waals surface area contributed by atoms with E-state index in [2.05, 4.69) is 45.7 Å². The lowest BCUT2D eigenvalue weighted by Crippen LogP contribution is -2.03. The summed E-state index contributed by atoms with van der Waals surface area (Å²) in [5.74, 6) is 4.09. The Hall–Kier alpha value is -1.26. The lowest BCUT2D eigenvalue weighted by Gasteiger charge is -2.17. The molecule has 3 aromatic rings. The van der Waals surface area contributed by atoms with E-state index in [4.69, 9.17) is 0 Å². The van der Waals surface area contributed by atoms with Crippen LogP contribution in [-0.4, -0.2) is 29.7 Å². The first-order valence-corrected chi connectivity index (χ1v) is 10.4. The molecule has 5 rings (SSSR count). The highest BCUT2D eigenvalue weighted by atomic mass is 32.2. The smallest absolute Gasteiger partial charge is 0.256 e. The van der Waals surface area contributed by atoms with E-state index in [1.807, 2.05) is 0 Å². The van der Waals surface area contributed by atoms with Crippen molar-refractivity contribution in [1.29, 1.82) is 0 Å². The van der Waals surface area contributed by atoms with Crippen LogP contribution < -0.4 is 0 Å². The maximum absolute atomic E-state index is 3.59. The molecule has 126 valence electrons. The minimum absolute atomic E-state index is 0. The molecular formula is C20H25NOS2+2. The van der Waals surface area contributed by atoms with Crippen molar-refractivity contribution in [3.63, 3.8) is 0 Å². The highest BCUT2D eigenvalue weighted by Gasteiger charge is 2.27. The Morgan fingerprint density at radius 2 is 1.46 bits per heavy atom. The monoisotopic (exact) mass is 359 g/mol. The predicted molar refractivity (Wildman–Crippen MR) is 110 cm³/mol. The van der Waals surface area contributed by atoms with Crippen molar-refractivity contribution in [3.8, 4) is 5.75 Å². The summed E-state index contributed by atoms with van der Waals surface area (Å²) in [4.78, 5) is 5.15. The number of hydrogen-bond acceptors (Lipinski definition) is 0. The minimum Gasteiger partial charge on any atom is -0.572 e. The Morgan fingerprint density at radius 3 is 2.21 bits per heavy atom. The average molecular weight is 360 g/mol. The van der Waals surface area contributed by atoms with Gasteiger partial charge in [0.1, 0.15) is 11.5 Å². The standard InChI is InChI=1S/C20H23NOS.H2S/c1-2-10-22(9-1)15-5-7-19-17(13-15)18-14-16(6-8-20(18)21-19)23-11-3-4-12-23;/h5-8,13-14,21H,1-4,9-12H2;1H2/q+2;. The molecule has 4 heteroatoms. The molecule has 2 nitrogen and oxygen atoms in total. The summed E-state index contributed by atoms with van der Waals surface area (Å²) >= 11 is 0. The zero-order valence-electron chi connectivity index (χ0n) is 13.9. The zero-order valence-corrected chi connectivity index (χ0v) is 15.8. The van der Waals surface area contributed by atoms with Gasteiger partial charge in [-0.25, -0.2) is 0 Å². The van der Waals surface area contributed by atoms with E-state index in [0.29, 0.717) is 10.9 Å². The van der Waals surface area contributed by atoms with Gasteiger partial charge < -0.3 is 9.35 Å². The molecule has 2 aliphatic rings. The van der Waals surface area contributed by atoms with Gasteiger partial charge in [-0.1, -0.05) is 0 Å². The van der Waals surface area contributed by atoms with E-state index in [9.17, 15) is 0 Å². The first-order valence-electron chi connectivity index (χ1n) is 8.79. The summed E-state index contributed by atoms with van der Waals surface area (Å²) in [5.41, 5.74) is 2.53. The second kappa shape index (κ2) is 6.57. The maximum Gasteiger partial charge on any atom is 0.256 e. The number of rotatable bonds is 2. The van der Waals surface area contributed by atoms with Gasteiger partial charge in [0.2, 0.25) is 0 Å². The number of aromatic nitrogens is 1. The van der Waals surface area contributed by atoms with Crippen molar-refractivity contribution in [2.45, 2.75) is 30.6 Å². The minimum atomic E-state index is 0. The molecule has 2 saturated heterocycles. The summed E-state index contributed by atoms with van der Waals surface area (Å²) < 4.78 is 3.40. The van der Waals surface area contributed by atoms with Gasteiger partial charge in [0.15, 0.2) is 18.1 Å². The molecule has 3 heterocycles. The van der Waals surface area contributed by atoms with Crippen LogP contribution in [0.1, 0.15) is 25.7 Å². The number of H-pyrrole nitrogens is 1. The Bertz CT molecular complexity index is 790. The van der Waals surface area contributed by atoms with Crippen molar-refractivity contribution in [2.24, 2.45) is 0 Å². The van der Waals surface area contributed by atoms with E-state index in [-0.39, 0.29) is 13.5 Å². The third-order valence-electron chi connectivity index (χ3n) is 5.27. The van der Waals surface area contributed by atoms with E-state index < -0.39 is 0 Å². The van der Waals surface area contributed by atoms with Crippen molar-refractivity contribution in [1.82, 2.24) is 4.98 Å². The number of aromatic amines is 1. The zero-order chi connectivity index (χ0) is 15.2. The van der Waals surface area contributed by atoms with Crippen LogP contribution in [-0.2, 0) is 15.3 Å². The summed E-state index contributed by atoms with van der Waals surface area (Å²) in [6.07, 6.45) is 5.41. The fourth-order valence-corrected chi connectivity index (χ4v) is 6.32. The highest BCUT2D eigenvalue weighted by Crippen LogP contribution is 2.36. The Balaban J connectivity index is 0.00000146. The fraction of sp³-hybridized carbons (Fsp3) is 0.400. The quantitative estimate of drug-likeness (QED) is 0.602. The third-order valence-corrected chi connectivity index (χ3v) is 7.75. The molecule has 0 saturated carbocycles. The van der Waals surface area contributed by atoms with E-state index in [0.717, 1.165) is 13.2 Å². The highest BCUT2D eigenvalue weighted by molar-refractivity contribution is 7.97. The molecule has 1 aromatic heterocycles. The molecule has 1 N–H and O–H groups in total. The topological polar surface area (TPSA) is 18.5 Å². The van der Waals surface area contributed by atoms with Crippen molar-refractivity contribution >= 4 is 46.2 Å². The predicted octanol–water partition coefficient (Wildman–Crippen LogP) is 5.26. The molecule has 0 aliphatic carbocycles. The first-order chi connectivity index (χ1) is 11.4. The molecule has 0 unspecified atom stereocenters. The van der Waals surface area contributed by atoms with Gasteiger partial charge >= 0.3 is 0 Å². The fourth-order valence-electron chi connectivity index (χ4n) is 4.00. The third kappa shape index (κ3) is 2.70. The number of hydrogen-bond donors (Lipinski definition) is 1. The molecule has 24 heavy (non-hydrogen) atoms. The average Bonchev–Trinajstić information content (AvgIpc) is 3.33. The lowest BCUT2D eigenvalue weighted by molar-refractivity contribution is -0.0110.